The van der Waals surface area contributed by atoms with E-state index in [-0.39, 0.29) is 23.4 Å². The van der Waals surface area contributed by atoms with Crippen molar-refractivity contribution < 1.29 is 18.7 Å². The van der Waals surface area contributed by atoms with Crippen LogP contribution in [0.3, 0.4) is 0 Å². The van der Waals surface area contributed by atoms with Crippen molar-refractivity contribution in [2.75, 3.05) is 26.2 Å². The van der Waals surface area contributed by atoms with Crippen molar-refractivity contribution in [1.29, 1.82) is 0 Å². The molecule has 3 aliphatic heterocycles. The molecule has 1 unspecified atom stereocenters. The van der Waals surface area contributed by atoms with Gasteiger partial charge in [-0.2, -0.15) is 0 Å². The number of carbonyl (C=O) groups excluding carboxylic acids is 1. The van der Waals surface area contributed by atoms with Crippen molar-refractivity contribution in [1.82, 2.24) is 19.8 Å². The summed E-state index contributed by atoms with van der Waals surface area (Å²) in [6.07, 6.45) is 5.26. The zero-order chi connectivity index (χ0) is 24.4. The van der Waals surface area contributed by atoms with E-state index in [1.165, 1.54) is 6.07 Å². The van der Waals surface area contributed by atoms with Crippen molar-refractivity contribution in [3.05, 3.63) is 35.5 Å². The van der Waals surface area contributed by atoms with Gasteiger partial charge in [-0.25, -0.2) is 14.2 Å². The minimum atomic E-state index is -0.647. The fraction of sp³-hybridized carbons (Fsp3) is 0.630. The number of carbonyl (C=O) groups is 1. The molecular weight excluding hydrogens is 447 g/mol. The van der Waals surface area contributed by atoms with Gasteiger partial charge in [0.2, 0.25) is 0 Å². The Morgan fingerprint density at radius 2 is 2.03 bits per heavy atom. The summed E-state index contributed by atoms with van der Waals surface area (Å²) >= 11 is 0. The van der Waals surface area contributed by atoms with Crippen molar-refractivity contribution in [2.45, 2.75) is 69.4 Å². The third-order valence-electron chi connectivity index (χ3n) is 8.27. The predicted octanol–water partition coefficient (Wildman–Crippen LogP) is 4.70. The molecule has 4 heterocycles. The number of imidazole rings is 1. The Morgan fingerprint density at radius 1 is 1.26 bits per heavy atom. The first-order chi connectivity index (χ1) is 16.8. The maximum absolute atomic E-state index is 15.1. The van der Waals surface area contributed by atoms with E-state index in [4.69, 9.17) is 14.5 Å². The number of hydrogen-bond acceptors (Lipinski definition) is 5. The smallest absolute Gasteiger partial charge is 0.409 e. The van der Waals surface area contributed by atoms with Crippen LogP contribution >= 0.6 is 0 Å². The summed E-state index contributed by atoms with van der Waals surface area (Å²) in [5.41, 5.74) is 1.47. The lowest BCUT2D eigenvalue weighted by Crippen LogP contribution is -2.50. The van der Waals surface area contributed by atoms with E-state index in [0.29, 0.717) is 55.5 Å². The van der Waals surface area contributed by atoms with Crippen LogP contribution < -0.4 is 10.1 Å². The molecule has 35 heavy (non-hydrogen) atoms. The Kier molecular flexibility index (Phi) is 5.36. The van der Waals surface area contributed by atoms with Crippen LogP contribution in [0.4, 0.5) is 9.18 Å². The van der Waals surface area contributed by atoms with E-state index in [1.54, 1.807) is 11.0 Å². The first-order valence-electron chi connectivity index (χ1n) is 13.0. The van der Waals surface area contributed by atoms with Crippen LogP contribution in [0.2, 0.25) is 0 Å². The van der Waals surface area contributed by atoms with Crippen molar-refractivity contribution in [3.63, 3.8) is 0 Å². The fourth-order valence-corrected chi connectivity index (χ4v) is 6.20. The van der Waals surface area contributed by atoms with Crippen LogP contribution in [-0.4, -0.2) is 52.3 Å². The molecule has 1 saturated carbocycles. The van der Waals surface area contributed by atoms with Crippen LogP contribution in [0.5, 0.6) is 5.75 Å². The summed E-state index contributed by atoms with van der Waals surface area (Å²) in [5, 5.41) is 3.59. The monoisotopic (exact) mass is 482 g/mol. The summed E-state index contributed by atoms with van der Waals surface area (Å²) in [6, 6.07) is 5.00. The molecule has 1 aromatic carbocycles. The summed E-state index contributed by atoms with van der Waals surface area (Å²) in [5.74, 6) is 2.05. The van der Waals surface area contributed by atoms with Gasteiger partial charge in [-0.3, -0.25) is 0 Å². The minimum absolute atomic E-state index is 0.0267. The summed E-state index contributed by atoms with van der Waals surface area (Å²) in [6.45, 7) is 6.97. The average molecular weight is 483 g/mol. The first kappa shape index (κ1) is 22.8. The Bertz CT molecular complexity index is 1150. The summed E-state index contributed by atoms with van der Waals surface area (Å²) < 4.78 is 29.4. The molecule has 8 heteroatoms. The lowest BCUT2D eigenvalue weighted by atomic mass is 9.83. The molecule has 6 rings (SSSR count). The number of benzene rings is 1. The van der Waals surface area contributed by atoms with E-state index >= 15 is 4.39 Å². The Labute approximate surface area is 206 Å². The molecule has 0 radical (unpaired) electrons. The zero-order valence-electron chi connectivity index (χ0n) is 20.9. The lowest BCUT2D eigenvalue weighted by Gasteiger charge is -2.44. The third kappa shape index (κ3) is 3.99. The highest BCUT2D eigenvalue weighted by molar-refractivity contribution is 5.74. The number of fused-ring (bicyclic) bond motifs is 4. The Hall–Kier alpha value is -2.61. The van der Waals surface area contributed by atoms with Crippen molar-refractivity contribution >= 4 is 6.09 Å². The van der Waals surface area contributed by atoms with Gasteiger partial charge >= 0.3 is 6.09 Å². The van der Waals surface area contributed by atoms with Gasteiger partial charge in [-0.05, 0) is 64.1 Å². The zero-order valence-corrected chi connectivity index (χ0v) is 20.9. The third-order valence-corrected chi connectivity index (χ3v) is 8.27. The summed E-state index contributed by atoms with van der Waals surface area (Å²) in [4.78, 5) is 19.5. The lowest BCUT2D eigenvalue weighted by molar-refractivity contribution is -0.0114. The molecule has 188 valence electrons. The molecule has 1 N–H and O–H groups in total. The van der Waals surface area contributed by atoms with Gasteiger partial charge < -0.3 is 24.3 Å². The van der Waals surface area contributed by atoms with E-state index in [9.17, 15) is 4.79 Å². The Balaban J connectivity index is 1.34. The summed E-state index contributed by atoms with van der Waals surface area (Å²) in [7, 11) is 2.05. The molecule has 1 aromatic heterocycles. The van der Waals surface area contributed by atoms with Gasteiger partial charge in [0.15, 0.2) is 5.60 Å². The maximum Gasteiger partial charge on any atom is 0.409 e. The van der Waals surface area contributed by atoms with Crippen LogP contribution in [0.25, 0.3) is 11.3 Å². The highest BCUT2D eigenvalue weighted by atomic mass is 19.1. The normalized spacial score (nSPS) is 24.5. The van der Waals surface area contributed by atoms with E-state index in [0.717, 1.165) is 43.7 Å². The topological polar surface area (TPSA) is 68.6 Å². The second-order valence-electron chi connectivity index (χ2n) is 11.4. The van der Waals surface area contributed by atoms with E-state index in [1.807, 2.05) is 13.1 Å². The van der Waals surface area contributed by atoms with Crippen molar-refractivity contribution in [3.8, 4) is 17.0 Å². The highest BCUT2D eigenvalue weighted by Crippen LogP contribution is 2.51. The number of nitrogens with zero attached hydrogens (tertiary/aromatic N) is 3. The van der Waals surface area contributed by atoms with Gasteiger partial charge in [0, 0.05) is 44.4 Å². The first-order valence-corrected chi connectivity index (χ1v) is 13.0. The molecule has 2 aromatic rings. The van der Waals surface area contributed by atoms with Gasteiger partial charge in [0.1, 0.15) is 23.1 Å². The molecule has 4 aliphatic rings. The largest absolute Gasteiger partial charge is 0.480 e. The van der Waals surface area contributed by atoms with Gasteiger partial charge in [-0.1, -0.05) is 6.07 Å². The molecular formula is C27H35FN4O3. The predicted molar refractivity (Wildman–Crippen MR) is 130 cm³/mol. The number of likely N-dealkylation sites (tertiary alicyclic amines) is 1. The van der Waals surface area contributed by atoms with Crippen LogP contribution in [0.1, 0.15) is 69.8 Å². The fourth-order valence-electron chi connectivity index (χ4n) is 6.20. The molecule has 3 fully saturated rings. The SMILES string of the molecule is Cn1c(C2CCNC(C)(C)C2)nc2c1C1(CCN(C(=O)OCC3CC3)CC1)Oc1cccc(F)c1-2. The second kappa shape index (κ2) is 8.22. The van der Waals surface area contributed by atoms with Gasteiger partial charge in [-0.15, -0.1) is 0 Å². The molecule has 0 bridgehead atoms. The Morgan fingerprint density at radius 3 is 2.74 bits per heavy atom. The number of piperidine rings is 2. The van der Waals surface area contributed by atoms with Crippen LogP contribution in [0.15, 0.2) is 18.2 Å². The number of nitrogens with one attached hydrogen (secondary N) is 1. The van der Waals surface area contributed by atoms with Crippen LogP contribution in [-0.2, 0) is 17.4 Å². The average Bonchev–Trinajstić information content (AvgIpc) is 3.58. The molecule has 7 nitrogen and oxygen atoms in total. The number of aromatic nitrogens is 2. The second-order valence-corrected chi connectivity index (χ2v) is 11.4. The molecule has 2 saturated heterocycles. The number of amides is 1. The van der Waals surface area contributed by atoms with E-state index < -0.39 is 5.60 Å². The number of ether oxygens (including phenoxy) is 2. The number of rotatable bonds is 3. The van der Waals surface area contributed by atoms with Crippen LogP contribution in [0, 0.1) is 11.7 Å². The standard InChI is InChI=1S/C27H35FN4O3/c1-26(2)15-18(9-12-29-26)24-30-22-21-19(28)5-4-6-20(21)35-27(23(22)31(24)3)10-13-32(14-11-27)25(33)34-16-17-7-8-17/h4-6,17-18,29H,7-16H2,1-3H3. The molecule has 1 atom stereocenters. The molecule has 1 aliphatic carbocycles. The van der Waals surface area contributed by atoms with Gasteiger partial charge in [0.25, 0.3) is 0 Å². The highest BCUT2D eigenvalue weighted by Gasteiger charge is 2.49. The quantitative estimate of drug-likeness (QED) is 0.687. The minimum Gasteiger partial charge on any atom is -0.480 e. The number of halogens is 1. The molecule has 1 spiro atoms. The van der Waals surface area contributed by atoms with Crippen molar-refractivity contribution in [2.24, 2.45) is 13.0 Å². The molecule has 1 amide bonds. The maximum atomic E-state index is 15.1. The van der Waals surface area contributed by atoms with E-state index in [2.05, 4.69) is 23.7 Å². The number of hydrogen-bond donors (Lipinski definition) is 1. The van der Waals surface area contributed by atoms with Gasteiger partial charge in [0.05, 0.1) is 17.9 Å².